The Kier molecular flexibility index (Phi) is 5.58. The van der Waals surface area contributed by atoms with Gasteiger partial charge in [0, 0.05) is 5.75 Å². The first kappa shape index (κ1) is 12.4. The summed E-state index contributed by atoms with van der Waals surface area (Å²) >= 11 is 1.93. The molecule has 15 heavy (non-hydrogen) atoms. The molecule has 0 aromatic heterocycles. The van der Waals surface area contributed by atoms with Gasteiger partial charge < -0.3 is 10.5 Å². The first-order chi connectivity index (χ1) is 7.26. The lowest BCUT2D eigenvalue weighted by Crippen LogP contribution is -2.12. The first-order valence-corrected chi connectivity index (χ1v) is 6.32. The molecule has 0 heterocycles. The molecule has 0 saturated carbocycles. The monoisotopic (exact) mass is 225 g/mol. The Morgan fingerprint density at radius 1 is 1.33 bits per heavy atom. The zero-order valence-corrected chi connectivity index (χ0v) is 10.2. The van der Waals surface area contributed by atoms with Crippen molar-refractivity contribution in [2.45, 2.75) is 12.7 Å². The lowest BCUT2D eigenvalue weighted by atomic mass is 10.2. The predicted octanol–water partition coefficient (Wildman–Crippen LogP) is 2.52. The van der Waals surface area contributed by atoms with Gasteiger partial charge in [-0.05, 0) is 35.9 Å². The van der Waals surface area contributed by atoms with Crippen LogP contribution in [0.4, 0.5) is 0 Å². The maximum Gasteiger partial charge on any atom is 0.118 e. The average Bonchev–Trinajstić information content (AvgIpc) is 2.29. The Bertz CT molecular complexity index is 273. The summed E-state index contributed by atoms with van der Waals surface area (Å²) in [6.07, 6.45) is 0. The fraction of sp³-hybridized carbons (Fsp3) is 0.500. The van der Waals surface area contributed by atoms with E-state index >= 15 is 0 Å². The van der Waals surface area contributed by atoms with Gasteiger partial charge in [-0.2, -0.15) is 11.8 Å². The molecule has 0 saturated heterocycles. The third-order valence-electron chi connectivity index (χ3n) is 2.23. The molecule has 0 radical (unpaired) electrons. The van der Waals surface area contributed by atoms with E-state index in [1.165, 1.54) is 5.56 Å². The highest BCUT2D eigenvalue weighted by Gasteiger charge is 2.00. The maximum atomic E-state index is 5.56. The number of benzene rings is 1. The molecule has 2 nitrogen and oxygen atoms in total. The van der Waals surface area contributed by atoms with E-state index in [4.69, 9.17) is 10.5 Å². The lowest BCUT2D eigenvalue weighted by molar-refractivity contribution is 0.414. The van der Waals surface area contributed by atoms with Gasteiger partial charge in [0.15, 0.2) is 0 Å². The largest absolute Gasteiger partial charge is 0.497 e. The fourth-order valence-electron chi connectivity index (χ4n) is 1.17. The molecule has 1 rings (SSSR count). The van der Waals surface area contributed by atoms with Gasteiger partial charge in [0.2, 0.25) is 0 Å². The summed E-state index contributed by atoms with van der Waals surface area (Å²) in [7, 11) is 1.69. The van der Waals surface area contributed by atoms with Crippen molar-refractivity contribution >= 4 is 11.8 Å². The van der Waals surface area contributed by atoms with Crippen molar-refractivity contribution in [1.29, 1.82) is 0 Å². The van der Waals surface area contributed by atoms with Crippen LogP contribution in [-0.2, 0) is 5.75 Å². The van der Waals surface area contributed by atoms with Crippen LogP contribution in [0.3, 0.4) is 0 Å². The van der Waals surface area contributed by atoms with E-state index < -0.39 is 0 Å². The molecule has 3 heteroatoms. The molecule has 0 aliphatic rings. The zero-order chi connectivity index (χ0) is 11.1. The SMILES string of the molecule is COc1ccc(CSCC(C)CN)cc1. The third-order valence-corrected chi connectivity index (χ3v) is 3.57. The van der Waals surface area contributed by atoms with Gasteiger partial charge in [-0.15, -0.1) is 0 Å². The summed E-state index contributed by atoms with van der Waals surface area (Å²) in [6, 6.07) is 8.22. The summed E-state index contributed by atoms with van der Waals surface area (Å²) < 4.78 is 5.11. The van der Waals surface area contributed by atoms with Gasteiger partial charge in [0.05, 0.1) is 7.11 Å². The zero-order valence-electron chi connectivity index (χ0n) is 9.40. The number of hydrogen-bond acceptors (Lipinski definition) is 3. The lowest BCUT2D eigenvalue weighted by Gasteiger charge is -2.07. The number of ether oxygens (including phenoxy) is 1. The standard InChI is InChI=1S/C12H19NOS/c1-10(7-13)8-15-9-11-3-5-12(14-2)6-4-11/h3-6,10H,7-9,13H2,1-2H3. The molecule has 0 aliphatic heterocycles. The Hall–Kier alpha value is -0.670. The summed E-state index contributed by atoms with van der Waals surface area (Å²) in [4.78, 5) is 0. The molecule has 1 atom stereocenters. The van der Waals surface area contributed by atoms with E-state index in [1.54, 1.807) is 7.11 Å². The number of thioether (sulfide) groups is 1. The van der Waals surface area contributed by atoms with Crippen LogP contribution >= 0.6 is 11.8 Å². The molecule has 0 spiro atoms. The minimum absolute atomic E-state index is 0.605. The van der Waals surface area contributed by atoms with E-state index in [0.717, 1.165) is 23.8 Å². The van der Waals surface area contributed by atoms with E-state index in [1.807, 2.05) is 23.9 Å². The van der Waals surface area contributed by atoms with Crippen molar-refractivity contribution in [2.75, 3.05) is 19.4 Å². The van der Waals surface area contributed by atoms with Crippen LogP contribution in [0.2, 0.25) is 0 Å². The van der Waals surface area contributed by atoms with Gasteiger partial charge in [0.1, 0.15) is 5.75 Å². The van der Waals surface area contributed by atoms with Crippen LogP contribution in [0, 0.1) is 5.92 Å². The molecular weight excluding hydrogens is 206 g/mol. The van der Waals surface area contributed by atoms with Gasteiger partial charge >= 0.3 is 0 Å². The second-order valence-electron chi connectivity index (χ2n) is 3.70. The number of hydrogen-bond donors (Lipinski definition) is 1. The maximum absolute atomic E-state index is 5.56. The normalized spacial score (nSPS) is 12.5. The molecule has 84 valence electrons. The van der Waals surface area contributed by atoms with Crippen LogP contribution in [0.25, 0.3) is 0 Å². The second kappa shape index (κ2) is 6.75. The highest BCUT2D eigenvalue weighted by atomic mass is 32.2. The molecule has 0 amide bonds. The number of methoxy groups -OCH3 is 1. The van der Waals surface area contributed by atoms with Crippen molar-refractivity contribution in [3.8, 4) is 5.75 Å². The Morgan fingerprint density at radius 3 is 2.53 bits per heavy atom. The minimum atomic E-state index is 0.605. The van der Waals surface area contributed by atoms with Gasteiger partial charge in [-0.3, -0.25) is 0 Å². The minimum Gasteiger partial charge on any atom is -0.497 e. The number of nitrogens with two attached hydrogens (primary N) is 1. The predicted molar refractivity (Wildman–Crippen MR) is 67.4 cm³/mol. The van der Waals surface area contributed by atoms with Gasteiger partial charge in [0.25, 0.3) is 0 Å². The fourth-order valence-corrected chi connectivity index (χ4v) is 2.25. The average molecular weight is 225 g/mol. The van der Waals surface area contributed by atoms with Crippen molar-refractivity contribution in [1.82, 2.24) is 0 Å². The molecule has 1 aromatic carbocycles. The number of rotatable bonds is 6. The summed E-state index contributed by atoms with van der Waals surface area (Å²) in [5, 5.41) is 0. The highest BCUT2D eigenvalue weighted by Crippen LogP contribution is 2.17. The van der Waals surface area contributed by atoms with Crippen LogP contribution in [0.5, 0.6) is 5.75 Å². The third kappa shape index (κ3) is 4.58. The van der Waals surface area contributed by atoms with Crippen LogP contribution in [0.15, 0.2) is 24.3 Å². The topological polar surface area (TPSA) is 35.2 Å². The second-order valence-corrected chi connectivity index (χ2v) is 4.73. The van der Waals surface area contributed by atoms with Crippen LogP contribution in [-0.4, -0.2) is 19.4 Å². The molecule has 0 aliphatic carbocycles. The van der Waals surface area contributed by atoms with Crippen molar-refractivity contribution in [3.05, 3.63) is 29.8 Å². The van der Waals surface area contributed by atoms with Crippen LogP contribution in [0.1, 0.15) is 12.5 Å². The van der Waals surface area contributed by atoms with Crippen molar-refractivity contribution in [2.24, 2.45) is 11.7 Å². The summed E-state index contributed by atoms with van der Waals surface area (Å²) in [5.74, 6) is 3.70. The quantitative estimate of drug-likeness (QED) is 0.808. The van der Waals surface area contributed by atoms with Gasteiger partial charge in [-0.1, -0.05) is 19.1 Å². The molecule has 0 fully saturated rings. The van der Waals surface area contributed by atoms with Crippen molar-refractivity contribution < 1.29 is 4.74 Å². The van der Waals surface area contributed by atoms with E-state index in [0.29, 0.717) is 5.92 Å². The molecular formula is C12H19NOS. The Labute approximate surface area is 96.2 Å². The smallest absolute Gasteiger partial charge is 0.118 e. The highest BCUT2D eigenvalue weighted by molar-refractivity contribution is 7.98. The molecule has 2 N–H and O–H groups in total. The molecule has 0 bridgehead atoms. The van der Waals surface area contributed by atoms with E-state index in [-0.39, 0.29) is 0 Å². The van der Waals surface area contributed by atoms with Crippen LogP contribution < -0.4 is 10.5 Å². The van der Waals surface area contributed by atoms with E-state index in [9.17, 15) is 0 Å². The summed E-state index contributed by atoms with van der Waals surface area (Å²) in [5.41, 5.74) is 6.90. The Balaban J connectivity index is 2.31. The van der Waals surface area contributed by atoms with Crippen molar-refractivity contribution in [3.63, 3.8) is 0 Å². The first-order valence-electron chi connectivity index (χ1n) is 5.17. The molecule has 1 aromatic rings. The molecule has 1 unspecified atom stereocenters. The van der Waals surface area contributed by atoms with E-state index in [2.05, 4.69) is 19.1 Å². The van der Waals surface area contributed by atoms with Gasteiger partial charge in [-0.25, -0.2) is 0 Å². The summed E-state index contributed by atoms with van der Waals surface area (Å²) in [6.45, 7) is 2.95. The Morgan fingerprint density at radius 2 is 2.00 bits per heavy atom.